The smallest absolute Gasteiger partial charge is 0.305 e. The van der Waals surface area contributed by atoms with Crippen LogP contribution in [0, 0.1) is 0 Å². The Hall–Kier alpha value is -0.0900. The number of thiol groups is 1. The van der Waals surface area contributed by atoms with Crippen LogP contribution >= 0.6 is 24.4 Å². The average Bonchev–Trinajstić information content (AvgIpc) is 2.24. The Morgan fingerprint density at radius 1 is 1.55 bits per heavy atom. The molecule has 62 valence electrons. The van der Waals surface area contributed by atoms with E-state index in [9.17, 15) is 4.79 Å². The van der Waals surface area contributed by atoms with Crippen LogP contribution < -0.4 is 0 Å². The lowest BCUT2D eigenvalue weighted by molar-refractivity contribution is 0.203. The van der Waals surface area contributed by atoms with E-state index in [-0.39, 0.29) is 17.6 Å². The zero-order valence-corrected chi connectivity index (χ0v) is 7.55. The molecule has 2 fully saturated rings. The summed E-state index contributed by atoms with van der Waals surface area (Å²) < 4.78 is 1.49. The molecule has 2 aliphatic rings. The summed E-state index contributed by atoms with van der Waals surface area (Å²) >= 11 is 10.00. The molecule has 0 radical (unpaired) electrons. The second kappa shape index (κ2) is 2.45. The molecule has 0 saturated carbocycles. The number of amides is 2. The standard InChI is InChI=1S/C6H9ClN2OS/c7-5-2-1-4-3-8(5)6(10)9(4)11/h4-5,11H,1-3H2/t4-,5+/m1/s1. The number of halogens is 1. The molecule has 0 aromatic heterocycles. The third-order valence-corrected chi connectivity index (χ3v) is 3.22. The monoisotopic (exact) mass is 192 g/mol. The molecule has 0 aromatic rings. The van der Waals surface area contributed by atoms with Gasteiger partial charge in [-0.1, -0.05) is 24.4 Å². The van der Waals surface area contributed by atoms with Gasteiger partial charge in [0.05, 0.1) is 6.04 Å². The van der Waals surface area contributed by atoms with E-state index in [0.717, 1.165) is 19.4 Å². The number of hydrogen-bond acceptors (Lipinski definition) is 2. The van der Waals surface area contributed by atoms with E-state index in [1.54, 1.807) is 4.90 Å². The lowest BCUT2D eigenvalue weighted by Crippen LogP contribution is -2.36. The maximum Gasteiger partial charge on any atom is 0.331 e. The summed E-state index contributed by atoms with van der Waals surface area (Å²) in [6.45, 7) is 0.747. The zero-order chi connectivity index (χ0) is 8.01. The fourth-order valence-electron chi connectivity index (χ4n) is 1.60. The van der Waals surface area contributed by atoms with Crippen molar-refractivity contribution in [1.29, 1.82) is 0 Å². The summed E-state index contributed by atoms with van der Waals surface area (Å²) in [6.07, 6.45) is 1.86. The Kier molecular flexibility index (Phi) is 1.68. The van der Waals surface area contributed by atoms with Gasteiger partial charge in [-0.25, -0.2) is 4.79 Å². The van der Waals surface area contributed by atoms with Crippen molar-refractivity contribution in [1.82, 2.24) is 9.21 Å². The van der Waals surface area contributed by atoms with Gasteiger partial charge in [0.25, 0.3) is 0 Å². The minimum Gasteiger partial charge on any atom is -0.305 e. The second-order valence-electron chi connectivity index (χ2n) is 2.95. The van der Waals surface area contributed by atoms with Crippen molar-refractivity contribution >= 4 is 30.4 Å². The summed E-state index contributed by atoms with van der Waals surface area (Å²) in [5.41, 5.74) is -0.115. The van der Waals surface area contributed by atoms with Crippen LogP contribution in [0.1, 0.15) is 12.8 Å². The van der Waals surface area contributed by atoms with E-state index in [4.69, 9.17) is 11.6 Å². The Morgan fingerprint density at radius 2 is 2.27 bits per heavy atom. The first-order valence-electron chi connectivity index (χ1n) is 3.63. The maximum absolute atomic E-state index is 11.3. The fourth-order valence-corrected chi connectivity index (χ4v) is 2.20. The normalized spacial score (nSPS) is 36.7. The summed E-state index contributed by atoms with van der Waals surface area (Å²) in [7, 11) is 0. The summed E-state index contributed by atoms with van der Waals surface area (Å²) in [5.74, 6) is 0. The first-order chi connectivity index (χ1) is 5.20. The van der Waals surface area contributed by atoms with Crippen LogP contribution in [0.5, 0.6) is 0 Å². The van der Waals surface area contributed by atoms with Crippen LogP contribution in [0.2, 0.25) is 0 Å². The molecule has 11 heavy (non-hydrogen) atoms. The van der Waals surface area contributed by atoms with E-state index < -0.39 is 0 Å². The number of carbonyl (C=O) groups is 1. The van der Waals surface area contributed by atoms with E-state index in [1.807, 2.05) is 0 Å². The van der Waals surface area contributed by atoms with E-state index in [2.05, 4.69) is 12.8 Å². The number of carbonyl (C=O) groups excluding carboxylic acids is 1. The first kappa shape index (κ1) is 7.55. The molecule has 0 unspecified atom stereocenters. The quantitative estimate of drug-likeness (QED) is 0.349. The Morgan fingerprint density at radius 3 is 2.91 bits per heavy atom. The molecular formula is C6H9ClN2OS. The fraction of sp³-hybridized carbons (Fsp3) is 0.833. The van der Waals surface area contributed by atoms with E-state index in [0.29, 0.717) is 0 Å². The largest absolute Gasteiger partial charge is 0.331 e. The highest BCUT2D eigenvalue weighted by molar-refractivity contribution is 7.78. The van der Waals surface area contributed by atoms with Crippen molar-refractivity contribution in [2.24, 2.45) is 0 Å². The van der Waals surface area contributed by atoms with Gasteiger partial charge < -0.3 is 4.90 Å². The van der Waals surface area contributed by atoms with Crippen LogP contribution in [0.25, 0.3) is 0 Å². The number of piperidine rings is 1. The van der Waals surface area contributed by atoms with Gasteiger partial charge in [-0.2, -0.15) is 0 Å². The van der Waals surface area contributed by atoms with Crippen molar-refractivity contribution in [2.75, 3.05) is 6.54 Å². The predicted octanol–water partition coefficient (Wildman–Crippen LogP) is 1.30. The Balaban J connectivity index is 2.22. The number of alkyl halides is 1. The van der Waals surface area contributed by atoms with Crippen LogP contribution in [0.3, 0.4) is 0 Å². The lowest BCUT2D eigenvalue weighted by atomic mass is 10.1. The number of rotatable bonds is 0. The number of urea groups is 1. The third-order valence-electron chi connectivity index (χ3n) is 2.27. The van der Waals surface area contributed by atoms with Gasteiger partial charge in [0.15, 0.2) is 0 Å². The Bertz CT molecular complexity index is 201. The molecular weight excluding hydrogens is 184 g/mol. The molecule has 2 atom stereocenters. The SMILES string of the molecule is O=C1N(S)[C@@H]2CC[C@@H](Cl)N1C2. The van der Waals surface area contributed by atoms with Crippen molar-refractivity contribution in [3.05, 3.63) is 0 Å². The average molecular weight is 193 g/mol. The third kappa shape index (κ3) is 0.999. The minimum absolute atomic E-state index is 0.0455. The maximum atomic E-state index is 11.3. The molecule has 2 heterocycles. The van der Waals surface area contributed by atoms with Crippen LogP contribution in [-0.2, 0) is 0 Å². The summed E-state index contributed by atoms with van der Waals surface area (Å²) in [4.78, 5) is 13.0. The number of hydrogen-bond donors (Lipinski definition) is 1. The molecule has 0 N–H and O–H groups in total. The minimum atomic E-state index is -0.115. The first-order valence-corrected chi connectivity index (χ1v) is 4.46. The summed E-state index contributed by atoms with van der Waals surface area (Å²) in [5, 5.41) is 0. The molecule has 2 rings (SSSR count). The highest BCUT2D eigenvalue weighted by Crippen LogP contribution is 2.31. The molecule has 2 saturated heterocycles. The predicted molar refractivity (Wildman–Crippen MR) is 45.6 cm³/mol. The van der Waals surface area contributed by atoms with E-state index >= 15 is 0 Å². The van der Waals surface area contributed by atoms with Crippen LogP contribution in [0.15, 0.2) is 0 Å². The molecule has 2 bridgehead atoms. The van der Waals surface area contributed by atoms with Gasteiger partial charge in [0.2, 0.25) is 0 Å². The lowest BCUT2D eigenvalue weighted by Gasteiger charge is -2.25. The van der Waals surface area contributed by atoms with Gasteiger partial charge in [-0.15, -0.1) is 0 Å². The second-order valence-corrected chi connectivity index (χ2v) is 3.88. The molecule has 2 amide bonds. The molecule has 0 spiro atoms. The van der Waals surface area contributed by atoms with E-state index in [1.165, 1.54) is 4.31 Å². The van der Waals surface area contributed by atoms with Gasteiger partial charge in [-0.05, 0) is 12.8 Å². The number of fused-ring (bicyclic) bond motifs is 2. The van der Waals surface area contributed by atoms with Gasteiger partial charge >= 0.3 is 6.03 Å². The topological polar surface area (TPSA) is 23.6 Å². The van der Waals surface area contributed by atoms with Crippen LogP contribution in [-0.4, -0.2) is 33.3 Å². The highest BCUT2D eigenvalue weighted by Gasteiger charge is 2.42. The van der Waals surface area contributed by atoms with Crippen molar-refractivity contribution in [3.63, 3.8) is 0 Å². The zero-order valence-electron chi connectivity index (χ0n) is 5.90. The number of nitrogens with zero attached hydrogens (tertiary/aromatic N) is 2. The molecule has 2 aliphatic heterocycles. The van der Waals surface area contributed by atoms with Crippen LogP contribution in [0.4, 0.5) is 4.79 Å². The molecule has 3 nitrogen and oxygen atoms in total. The molecule has 5 heteroatoms. The molecule has 0 aliphatic carbocycles. The highest BCUT2D eigenvalue weighted by atomic mass is 35.5. The Labute approximate surface area is 75.8 Å². The molecule has 0 aromatic carbocycles. The van der Waals surface area contributed by atoms with Crippen molar-refractivity contribution in [3.8, 4) is 0 Å². The van der Waals surface area contributed by atoms with Gasteiger partial charge in [0.1, 0.15) is 5.50 Å². The van der Waals surface area contributed by atoms with Gasteiger partial charge in [-0.3, -0.25) is 4.31 Å². The van der Waals surface area contributed by atoms with Crippen molar-refractivity contribution < 1.29 is 4.79 Å². The summed E-state index contributed by atoms with van der Waals surface area (Å²) in [6, 6.07) is 0.233. The van der Waals surface area contributed by atoms with Gasteiger partial charge in [0, 0.05) is 6.54 Å². The van der Waals surface area contributed by atoms with Crippen molar-refractivity contribution in [2.45, 2.75) is 24.4 Å².